The summed E-state index contributed by atoms with van der Waals surface area (Å²) in [5, 5.41) is 0. The molecule has 5 heteroatoms. The van der Waals surface area contributed by atoms with Crippen molar-refractivity contribution in [2.75, 3.05) is 40.5 Å². The number of thiocarbonyl (C=S) groups is 1. The maximum Gasteiger partial charge on any atom is 0.103 e. The number of nitrogens with two attached hydrogens (primary N) is 1. The van der Waals surface area contributed by atoms with E-state index in [4.69, 9.17) is 27.4 Å². The predicted octanol–water partition coefficient (Wildman–Crippen LogP) is 1.72. The smallest absolute Gasteiger partial charge is 0.103 e. The first kappa shape index (κ1) is 17.0. The van der Waals surface area contributed by atoms with Crippen LogP contribution in [-0.4, -0.2) is 50.4 Å². The van der Waals surface area contributed by atoms with Gasteiger partial charge in [0.25, 0.3) is 0 Å². The third-order valence-electron chi connectivity index (χ3n) is 3.24. The highest BCUT2D eigenvalue weighted by Crippen LogP contribution is 2.13. The highest BCUT2D eigenvalue weighted by atomic mass is 32.1. The summed E-state index contributed by atoms with van der Waals surface area (Å²) in [5.41, 5.74) is 9.05. The molecule has 0 aliphatic carbocycles. The van der Waals surface area contributed by atoms with Crippen molar-refractivity contribution < 1.29 is 9.47 Å². The molecule has 1 aromatic carbocycles. The van der Waals surface area contributed by atoms with Gasteiger partial charge in [-0.15, -0.1) is 0 Å². The molecule has 0 heterocycles. The van der Waals surface area contributed by atoms with Gasteiger partial charge in [0, 0.05) is 39.4 Å². The highest BCUT2D eigenvalue weighted by molar-refractivity contribution is 7.80. The maximum atomic E-state index is 5.65. The average Bonchev–Trinajstić information content (AvgIpc) is 2.43. The summed E-state index contributed by atoms with van der Waals surface area (Å²) in [6.07, 6.45) is 0. The molecular formula is C15H24N2O2S. The zero-order chi connectivity index (χ0) is 15.0. The third kappa shape index (κ3) is 5.54. The van der Waals surface area contributed by atoms with Crippen LogP contribution in [0.2, 0.25) is 0 Å². The van der Waals surface area contributed by atoms with Gasteiger partial charge in [-0.1, -0.05) is 24.4 Å². The van der Waals surface area contributed by atoms with Crippen molar-refractivity contribution in [3.63, 3.8) is 0 Å². The number of hydrogen-bond acceptors (Lipinski definition) is 4. The van der Waals surface area contributed by atoms with Crippen LogP contribution in [0.5, 0.6) is 0 Å². The minimum absolute atomic E-state index is 0.440. The second-order valence-electron chi connectivity index (χ2n) is 4.77. The third-order valence-corrected chi connectivity index (χ3v) is 3.48. The fraction of sp³-hybridized carbons (Fsp3) is 0.533. The van der Waals surface area contributed by atoms with E-state index >= 15 is 0 Å². The van der Waals surface area contributed by atoms with Crippen LogP contribution in [0, 0.1) is 6.92 Å². The van der Waals surface area contributed by atoms with E-state index in [1.165, 1.54) is 11.1 Å². The van der Waals surface area contributed by atoms with Crippen LogP contribution in [0.25, 0.3) is 0 Å². The molecule has 1 aromatic rings. The SMILES string of the molecule is COCCN(CCOC)Cc1ccc(C(N)=S)cc1C. The molecule has 0 unspecified atom stereocenters. The van der Waals surface area contributed by atoms with Crippen molar-refractivity contribution in [2.24, 2.45) is 5.73 Å². The quantitative estimate of drug-likeness (QED) is 0.703. The van der Waals surface area contributed by atoms with E-state index in [-0.39, 0.29) is 0 Å². The Balaban J connectivity index is 2.73. The van der Waals surface area contributed by atoms with Crippen LogP contribution in [0.4, 0.5) is 0 Å². The maximum absolute atomic E-state index is 5.65. The lowest BCUT2D eigenvalue weighted by molar-refractivity contribution is 0.110. The largest absolute Gasteiger partial charge is 0.389 e. The molecule has 0 aliphatic heterocycles. The number of nitrogens with zero attached hydrogens (tertiary/aromatic N) is 1. The lowest BCUT2D eigenvalue weighted by atomic mass is 10.0. The highest BCUT2D eigenvalue weighted by Gasteiger charge is 2.08. The van der Waals surface area contributed by atoms with Gasteiger partial charge in [0.15, 0.2) is 0 Å². The van der Waals surface area contributed by atoms with E-state index in [0.29, 0.717) is 18.2 Å². The van der Waals surface area contributed by atoms with Gasteiger partial charge in [-0.2, -0.15) is 0 Å². The van der Waals surface area contributed by atoms with Crippen molar-refractivity contribution >= 4 is 17.2 Å². The molecule has 0 spiro atoms. The van der Waals surface area contributed by atoms with Gasteiger partial charge in [0.2, 0.25) is 0 Å². The van der Waals surface area contributed by atoms with Gasteiger partial charge in [-0.3, -0.25) is 4.90 Å². The van der Waals surface area contributed by atoms with Gasteiger partial charge < -0.3 is 15.2 Å². The van der Waals surface area contributed by atoms with Crippen LogP contribution >= 0.6 is 12.2 Å². The lowest BCUT2D eigenvalue weighted by Crippen LogP contribution is -2.30. The van der Waals surface area contributed by atoms with Crippen molar-refractivity contribution in [2.45, 2.75) is 13.5 Å². The normalized spacial score (nSPS) is 11.0. The summed E-state index contributed by atoms with van der Waals surface area (Å²) in [7, 11) is 3.44. The van der Waals surface area contributed by atoms with Crippen LogP contribution in [0.1, 0.15) is 16.7 Å². The summed E-state index contributed by atoms with van der Waals surface area (Å²) in [5.74, 6) is 0. The number of benzene rings is 1. The number of methoxy groups -OCH3 is 2. The summed E-state index contributed by atoms with van der Waals surface area (Å²) in [6.45, 7) is 6.16. The zero-order valence-electron chi connectivity index (χ0n) is 12.5. The van der Waals surface area contributed by atoms with Gasteiger partial charge in [0.1, 0.15) is 4.99 Å². The summed E-state index contributed by atoms with van der Waals surface area (Å²) >= 11 is 5.00. The zero-order valence-corrected chi connectivity index (χ0v) is 13.3. The Labute approximate surface area is 126 Å². The number of aryl methyl sites for hydroxylation is 1. The standard InChI is InChI=1S/C15H24N2O2S/c1-12-10-13(15(16)20)4-5-14(12)11-17(6-8-18-2)7-9-19-3/h4-5,10H,6-9,11H2,1-3H3,(H2,16,20). The second kappa shape index (κ2) is 9.02. The minimum atomic E-state index is 0.440. The first-order valence-electron chi connectivity index (χ1n) is 6.68. The molecule has 0 fully saturated rings. The molecule has 1 rings (SSSR count). The average molecular weight is 296 g/mol. The van der Waals surface area contributed by atoms with Crippen LogP contribution in [0.3, 0.4) is 0 Å². The Bertz CT molecular complexity index is 430. The number of hydrogen-bond donors (Lipinski definition) is 1. The first-order valence-corrected chi connectivity index (χ1v) is 7.09. The Kier molecular flexibility index (Phi) is 7.69. The molecule has 0 saturated heterocycles. The topological polar surface area (TPSA) is 47.7 Å². The molecule has 4 nitrogen and oxygen atoms in total. The number of rotatable bonds is 9. The molecule has 0 atom stereocenters. The van der Waals surface area contributed by atoms with E-state index in [2.05, 4.69) is 17.9 Å². The van der Waals surface area contributed by atoms with Crippen LogP contribution < -0.4 is 5.73 Å². The van der Waals surface area contributed by atoms with E-state index in [0.717, 1.165) is 25.2 Å². The molecule has 0 radical (unpaired) electrons. The van der Waals surface area contributed by atoms with Crippen LogP contribution in [0.15, 0.2) is 18.2 Å². The summed E-state index contributed by atoms with van der Waals surface area (Å²) in [6, 6.07) is 6.12. The van der Waals surface area contributed by atoms with Gasteiger partial charge in [-0.25, -0.2) is 0 Å². The molecule has 0 amide bonds. The summed E-state index contributed by atoms with van der Waals surface area (Å²) in [4.78, 5) is 2.76. The Morgan fingerprint density at radius 1 is 1.20 bits per heavy atom. The Morgan fingerprint density at radius 2 is 1.80 bits per heavy atom. The Hall–Kier alpha value is -1.01. The van der Waals surface area contributed by atoms with Gasteiger partial charge in [0.05, 0.1) is 13.2 Å². The molecule has 0 aliphatic rings. The first-order chi connectivity index (χ1) is 9.58. The summed E-state index contributed by atoms with van der Waals surface area (Å²) < 4.78 is 10.3. The van der Waals surface area contributed by atoms with Gasteiger partial charge >= 0.3 is 0 Å². The molecule has 2 N–H and O–H groups in total. The minimum Gasteiger partial charge on any atom is -0.389 e. The number of ether oxygens (including phenoxy) is 2. The molecule has 112 valence electrons. The van der Waals surface area contributed by atoms with E-state index in [9.17, 15) is 0 Å². The Morgan fingerprint density at radius 3 is 2.25 bits per heavy atom. The van der Waals surface area contributed by atoms with Crippen molar-refractivity contribution in [3.8, 4) is 0 Å². The molecular weight excluding hydrogens is 272 g/mol. The molecule has 0 saturated carbocycles. The fourth-order valence-corrected chi connectivity index (χ4v) is 2.11. The fourth-order valence-electron chi connectivity index (χ4n) is 1.98. The van der Waals surface area contributed by atoms with Crippen molar-refractivity contribution in [1.82, 2.24) is 4.90 Å². The van der Waals surface area contributed by atoms with E-state index < -0.39 is 0 Å². The predicted molar refractivity (Wildman–Crippen MR) is 86.1 cm³/mol. The van der Waals surface area contributed by atoms with Crippen molar-refractivity contribution in [1.29, 1.82) is 0 Å². The van der Waals surface area contributed by atoms with Crippen molar-refractivity contribution in [3.05, 3.63) is 34.9 Å². The lowest BCUT2D eigenvalue weighted by Gasteiger charge is -2.22. The second-order valence-corrected chi connectivity index (χ2v) is 5.21. The van der Waals surface area contributed by atoms with Gasteiger partial charge in [-0.05, 0) is 24.1 Å². The molecule has 20 heavy (non-hydrogen) atoms. The monoisotopic (exact) mass is 296 g/mol. The molecule has 0 aromatic heterocycles. The molecule has 0 bridgehead atoms. The van der Waals surface area contributed by atoms with E-state index in [1.54, 1.807) is 14.2 Å². The van der Waals surface area contributed by atoms with E-state index in [1.807, 2.05) is 12.1 Å². The van der Waals surface area contributed by atoms with Crippen LogP contribution in [-0.2, 0) is 16.0 Å².